The second kappa shape index (κ2) is 8.39. The lowest BCUT2D eigenvalue weighted by molar-refractivity contribution is 0.101. The van der Waals surface area contributed by atoms with Gasteiger partial charge in [0.25, 0.3) is 0 Å². The van der Waals surface area contributed by atoms with Gasteiger partial charge in [-0.3, -0.25) is 9.59 Å². The monoisotopic (exact) mass is 439 g/mol. The first-order valence-electron chi connectivity index (χ1n) is 11.4. The van der Waals surface area contributed by atoms with E-state index in [2.05, 4.69) is 38.3 Å². The molecule has 0 radical (unpaired) electrons. The summed E-state index contributed by atoms with van der Waals surface area (Å²) in [6, 6.07) is 3.87. The van der Waals surface area contributed by atoms with Crippen LogP contribution in [0, 0.1) is 5.92 Å². The first-order valence-corrected chi connectivity index (χ1v) is 11.4. The average Bonchev–Trinajstić information content (AvgIpc) is 3.04. The van der Waals surface area contributed by atoms with Gasteiger partial charge in [-0.1, -0.05) is 13.8 Å². The van der Waals surface area contributed by atoms with Crippen molar-refractivity contribution in [2.24, 2.45) is 5.92 Å². The first kappa shape index (κ1) is 22.6. The number of hydrogen-bond donors (Lipinski definition) is 0. The molecule has 1 aromatic heterocycles. The number of carbonyl (C=O) groups is 1. The molecule has 6 heteroatoms. The first-order chi connectivity index (χ1) is 15.1. The number of carbonyl (C=O) groups excluding carboxylic acids is 1. The summed E-state index contributed by atoms with van der Waals surface area (Å²) in [7, 11) is 1.69. The number of benzene rings is 1. The third-order valence-corrected chi connectivity index (χ3v) is 6.43. The van der Waals surface area contributed by atoms with E-state index >= 15 is 0 Å². The summed E-state index contributed by atoms with van der Waals surface area (Å²) < 4.78 is 19.8. The SMILES string of the molecule is COCCCOc1cc2c(c3c1OC(C)(C)C3)-c1cc(=O)c(C(C)=O)cn1C(C(C)C)C2. The number of ether oxygens (including phenoxy) is 3. The molecule has 1 atom stereocenters. The number of fused-ring (bicyclic) bond motifs is 5. The zero-order chi connectivity index (χ0) is 23.2. The molecule has 2 aromatic rings. The Hall–Kier alpha value is -2.60. The van der Waals surface area contributed by atoms with Crippen LogP contribution in [-0.4, -0.2) is 36.3 Å². The molecule has 0 aliphatic carbocycles. The summed E-state index contributed by atoms with van der Waals surface area (Å²) in [6.07, 6.45) is 4.10. The highest BCUT2D eigenvalue weighted by atomic mass is 16.5. The van der Waals surface area contributed by atoms with Crippen LogP contribution in [0.4, 0.5) is 0 Å². The van der Waals surface area contributed by atoms with Crippen LogP contribution in [0.25, 0.3) is 11.3 Å². The van der Waals surface area contributed by atoms with E-state index in [-0.39, 0.29) is 28.4 Å². The molecular weight excluding hydrogens is 406 g/mol. The number of aromatic nitrogens is 1. The molecule has 0 amide bonds. The molecule has 32 heavy (non-hydrogen) atoms. The summed E-state index contributed by atoms with van der Waals surface area (Å²) >= 11 is 0. The van der Waals surface area contributed by atoms with Gasteiger partial charge in [0.2, 0.25) is 0 Å². The van der Waals surface area contributed by atoms with Crippen LogP contribution in [0.15, 0.2) is 23.1 Å². The molecule has 0 N–H and O–H groups in total. The standard InChI is InChI=1S/C26H33NO5/c1-15(2)20-10-17-11-23(31-9-7-8-30-6)25-18(13-26(4,5)32-25)24(17)21-12-22(29)19(16(3)28)14-27(20)21/h11-12,14-15,20H,7-10,13H2,1-6H3. The maximum atomic E-state index is 12.8. The van der Waals surface area contributed by atoms with Crippen LogP contribution in [0.2, 0.25) is 0 Å². The van der Waals surface area contributed by atoms with E-state index in [1.54, 1.807) is 19.4 Å². The normalized spacial score (nSPS) is 18.0. The molecule has 0 spiro atoms. The zero-order valence-corrected chi connectivity index (χ0v) is 19.9. The Labute approximate surface area is 189 Å². The van der Waals surface area contributed by atoms with Gasteiger partial charge in [-0.25, -0.2) is 0 Å². The van der Waals surface area contributed by atoms with Crippen molar-refractivity contribution in [1.82, 2.24) is 4.57 Å². The summed E-state index contributed by atoms with van der Waals surface area (Å²) in [5.41, 5.74) is 3.82. The highest BCUT2D eigenvalue weighted by molar-refractivity contribution is 5.94. The number of ketones is 1. The van der Waals surface area contributed by atoms with Gasteiger partial charge >= 0.3 is 0 Å². The van der Waals surface area contributed by atoms with E-state index in [0.717, 1.165) is 47.6 Å². The van der Waals surface area contributed by atoms with Crippen molar-refractivity contribution >= 4 is 5.78 Å². The summed E-state index contributed by atoms with van der Waals surface area (Å²) in [5, 5.41) is 0. The van der Waals surface area contributed by atoms with E-state index in [9.17, 15) is 9.59 Å². The van der Waals surface area contributed by atoms with Crippen LogP contribution in [0.3, 0.4) is 0 Å². The molecule has 2 aliphatic rings. The summed E-state index contributed by atoms with van der Waals surface area (Å²) in [4.78, 5) is 24.9. The Balaban J connectivity index is 1.90. The van der Waals surface area contributed by atoms with Crippen molar-refractivity contribution < 1.29 is 19.0 Å². The molecule has 4 rings (SSSR count). The molecule has 0 fully saturated rings. The average molecular weight is 440 g/mol. The van der Waals surface area contributed by atoms with Gasteiger partial charge in [0.1, 0.15) is 5.60 Å². The van der Waals surface area contributed by atoms with Crippen LogP contribution < -0.4 is 14.9 Å². The summed E-state index contributed by atoms with van der Waals surface area (Å²) in [6.45, 7) is 11.1. The third kappa shape index (κ3) is 3.96. The van der Waals surface area contributed by atoms with Gasteiger partial charge < -0.3 is 18.8 Å². The molecule has 1 unspecified atom stereocenters. The second-order valence-corrected chi connectivity index (χ2v) is 9.87. The largest absolute Gasteiger partial charge is 0.490 e. The smallest absolute Gasteiger partial charge is 0.192 e. The molecular formula is C26H33NO5. The van der Waals surface area contributed by atoms with Crippen LogP contribution in [0.5, 0.6) is 11.5 Å². The minimum absolute atomic E-state index is 0.144. The lowest BCUT2D eigenvalue weighted by atomic mass is 9.83. The van der Waals surface area contributed by atoms with E-state index in [4.69, 9.17) is 14.2 Å². The molecule has 3 heterocycles. The molecule has 0 bridgehead atoms. The minimum atomic E-state index is -0.360. The molecule has 1 aromatic carbocycles. The van der Waals surface area contributed by atoms with Crippen molar-refractivity contribution in [1.29, 1.82) is 0 Å². The van der Waals surface area contributed by atoms with Crippen molar-refractivity contribution in [2.45, 2.75) is 65.5 Å². The second-order valence-electron chi connectivity index (χ2n) is 9.87. The highest BCUT2D eigenvalue weighted by Crippen LogP contribution is 2.51. The number of pyridine rings is 1. The van der Waals surface area contributed by atoms with Gasteiger partial charge in [0.05, 0.1) is 17.9 Å². The highest BCUT2D eigenvalue weighted by Gasteiger charge is 2.39. The van der Waals surface area contributed by atoms with Gasteiger partial charge in [-0.2, -0.15) is 0 Å². The number of methoxy groups -OCH3 is 1. The predicted octanol–water partition coefficient (Wildman–Crippen LogP) is 4.60. The Morgan fingerprint density at radius 3 is 2.69 bits per heavy atom. The maximum absolute atomic E-state index is 12.8. The fourth-order valence-electron chi connectivity index (χ4n) is 4.91. The fraction of sp³-hybridized carbons (Fsp3) is 0.538. The molecule has 0 saturated carbocycles. The Kier molecular flexibility index (Phi) is 5.93. The lowest BCUT2D eigenvalue weighted by Crippen LogP contribution is -2.28. The molecule has 172 valence electrons. The molecule has 2 aliphatic heterocycles. The van der Waals surface area contributed by atoms with Gasteiger partial charge in [-0.05, 0) is 44.7 Å². The maximum Gasteiger partial charge on any atom is 0.192 e. The van der Waals surface area contributed by atoms with Crippen molar-refractivity contribution in [3.05, 3.63) is 45.2 Å². The predicted molar refractivity (Wildman–Crippen MR) is 124 cm³/mol. The Morgan fingerprint density at radius 1 is 1.28 bits per heavy atom. The number of rotatable bonds is 7. The lowest BCUT2D eigenvalue weighted by Gasteiger charge is -2.34. The molecule has 6 nitrogen and oxygen atoms in total. The van der Waals surface area contributed by atoms with E-state index in [0.29, 0.717) is 19.1 Å². The third-order valence-electron chi connectivity index (χ3n) is 6.43. The van der Waals surface area contributed by atoms with Gasteiger partial charge in [0.15, 0.2) is 22.7 Å². The van der Waals surface area contributed by atoms with Gasteiger partial charge in [-0.15, -0.1) is 0 Å². The fourth-order valence-corrected chi connectivity index (χ4v) is 4.91. The quantitative estimate of drug-likeness (QED) is 0.466. The zero-order valence-electron chi connectivity index (χ0n) is 19.9. The topological polar surface area (TPSA) is 66.8 Å². The Bertz CT molecular complexity index is 1110. The van der Waals surface area contributed by atoms with Crippen molar-refractivity contribution in [3.63, 3.8) is 0 Å². The number of nitrogens with zero attached hydrogens (tertiary/aromatic N) is 1. The van der Waals surface area contributed by atoms with Crippen molar-refractivity contribution in [2.75, 3.05) is 20.3 Å². The minimum Gasteiger partial charge on any atom is -0.490 e. The van der Waals surface area contributed by atoms with E-state index < -0.39 is 0 Å². The number of hydrogen-bond acceptors (Lipinski definition) is 5. The van der Waals surface area contributed by atoms with Gasteiger partial charge in [0, 0.05) is 56.0 Å². The van der Waals surface area contributed by atoms with Crippen LogP contribution in [-0.2, 0) is 17.6 Å². The van der Waals surface area contributed by atoms with E-state index in [1.807, 2.05) is 0 Å². The summed E-state index contributed by atoms with van der Waals surface area (Å²) in [5.74, 6) is 1.66. The number of Topliss-reactive ketones (excluding diaryl/α,β-unsaturated/α-hetero) is 1. The van der Waals surface area contributed by atoms with Crippen molar-refractivity contribution in [3.8, 4) is 22.8 Å². The van der Waals surface area contributed by atoms with Crippen LogP contribution >= 0.6 is 0 Å². The molecule has 0 saturated heterocycles. The van der Waals surface area contributed by atoms with Crippen LogP contribution in [0.1, 0.15) is 68.6 Å². The Morgan fingerprint density at radius 2 is 2.03 bits per heavy atom. The van der Waals surface area contributed by atoms with E-state index in [1.165, 1.54) is 12.5 Å².